The summed E-state index contributed by atoms with van der Waals surface area (Å²) >= 11 is 3.34. The molecular formula is C12H15BrN2O2. The Balaban J connectivity index is 2.09. The fourth-order valence-corrected chi connectivity index (χ4v) is 2.33. The Labute approximate surface area is 109 Å². The van der Waals surface area contributed by atoms with Crippen molar-refractivity contribution in [1.82, 2.24) is 5.32 Å². The molecule has 4 nitrogen and oxygen atoms in total. The van der Waals surface area contributed by atoms with Crippen LogP contribution in [-0.4, -0.2) is 11.0 Å². The number of nitrogens with one attached hydrogen (secondary N) is 1. The molecule has 1 aromatic rings. The van der Waals surface area contributed by atoms with Crippen LogP contribution in [-0.2, 0) is 6.54 Å². The third kappa shape index (κ3) is 2.84. The van der Waals surface area contributed by atoms with Crippen LogP contribution in [0.25, 0.3) is 0 Å². The molecule has 0 bridgehead atoms. The van der Waals surface area contributed by atoms with Gasteiger partial charge in [-0.1, -0.05) is 29.8 Å². The predicted molar refractivity (Wildman–Crippen MR) is 69.8 cm³/mol. The van der Waals surface area contributed by atoms with Crippen molar-refractivity contribution in [2.45, 2.75) is 32.9 Å². The quantitative estimate of drug-likeness (QED) is 0.686. The number of benzene rings is 1. The van der Waals surface area contributed by atoms with Crippen LogP contribution in [0.5, 0.6) is 0 Å². The molecule has 2 rings (SSSR count). The topological polar surface area (TPSA) is 55.2 Å². The Kier molecular flexibility index (Phi) is 3.23. The van der Waals surface area contributed by atoms with Crippen LogP contribution in [0.2, 0.25) is 0 Å². The first-order valence-corrected chi connectivity index (χ1v) is 6.36. The zero-order valence-corrected chi connectivity index (χ0v) is 11.5. The highest BCUT2D eigenvalue weighted by molar-refractivity contribution is 9.10. The van der Waals surface area contributed by atoms with E-state index in [0.29, 0.717) is 18.0 Å². The van der Waals surface area contributed by atoms with Crippen molar-refractivity contribution in [3.8, 4) is 0 Å². The fourth-order valence-electron chi connectivity index (χ4n) is 1.92. The average Bonchev–Trinajstić information content (AvgIpc) is 2.83. The summed E-state index contributed by atoms with van der Waals surface area (Å²) < 4.78 is 0.870. The fraction of sp³-hybridized carbons (Fsp3) is 0.500. The lowest BCUT2D eigenvalue weighted by Gasteiger charge is -2.07. The lowest BCUT2D eigenvalue weighted by molar-refractivity contribution is -0.385. The minimum atomic E-state index is -0.332. The largest absolute Gasteiger partial charge is 0.309 e. The summed E-state index contributed by atoms with van der Waals surface area (Å²) in [5.41, 5.74) is 1.24. The van der Waals surface area contributed by atoms with Gasteiger partial charge in [0.15, 0.2) is 0 Å². The molecule has 1 aromatic carbocycles. The maximum atomic E-state index is 10.9. The van der Waals surface area contributed by atoms with E-state index in [-0.39, 0.29) is 10.6 Å². The van der Waals surface area contributed by atoms with Crippen molar-refractivity contribution in [2.24, 2.45) is 5.41 Å². The van der Waals surface area contributed by atoms with Gasteiger partial charge in [0.05, 0.1) is 4.92 Å². The Hall–Kier alpha value is -0.940. The van der Waals surface area contributed by atoms with Crippen LogP contribution in [0.3, 0.4) is 0 Å². The molecule has 1 aliphatic carbocycles. The van der Waals surface area contributed by atoms with E-state index in [4.69, 9.17) is 0 Å². The van der Waals surface area contributed by atoms with E-state index in [1.807, 2.05) is 0 Å². The van der Waals surface area contributed by atoms with E-state index in [0.717, 1.165) is 16.5 Å². The molecule has 1 unspecified atom stereocenters. The third-order valence-corrected chi connectivity index (χ3v) is 3.78. The summed E-state index contributed by atoms with van der Waals surface area (Å²) in [6.45, 7) is 4.93. The molecule has 1 N–H and O–H groups in total. The third-order valence-electron chi connectivity index (χ3n) is 3.29. The van der Waals surface area contributed by atoms with Gasteiger partial charge in [0.2, 0.25) is 0 Å². The molecule has 5 heteroatoms. The Morgan fingerprint density at radius 1 is 1.59 bits per heavy atom. The number of nitro benzene ring substituents is 1. The van der Waals surface area contributed by atoms with Gasteiger partial charge in [-0.3, -0.25) is 10.1 Å². The minimum absolute atomic E-state index is 0.180. The molecule has 0 amide bonds. The molecule has 0 radical (unpaired) electrons. The van der Waals surface area contributed by atoms with Crippen molar-refractivity contribution in [2.75, 3.05) is 0 Å². The molecule has 1 atom stereocenters. The smallest absolute Gasteiger partial charge is 0.273 e. The first-order valence-electron chi connectivity index (χ1n) is 5.56. The highest BCUT2D eigenvalue weighted by Gasteiger charge is 2.45. The van der Waals surface area contributed by atoms with Crippen LogP contribution < -0.4 is 5.32 Å². The van der Waals surface area contributed by atoms with Gasteiger partial charge in [0.25, 0.3) is 5.69 Å². The van der Waals surface area contributed by atoms with Gasteiger partial charge >= 0.3 is 0 Å². The first kappa shape index (κ1) is 12.5. The average molecular weight is 299 g/mol. The van der Waals surface area contributed by atoms with Crippen LogP contribution >= 0.6 is 15.9 Å². The van der Waals surface area contributed by atoms with Crippen molar-refractivity contribution in [3.63, 3.8) is 0 Å². The van der Waals surface area contributed by atoms with Crippen LogP contribution in [0.1, 0.15) is 25.8 Å². The number of nitro groups is 1. The van der Waals surface area contributed by atoms with Crippen molar-refractivity contribution in [1.29, 1.82) is 0 Å². The van der Waals surface area contributed by atoms with Gasteiger partial charge in [-0.05, 0) is 24.0 Å². The number of hydrogen-bond donors (Lipinski definition) is 1. The highest BCUT2D eigenvalue weighted by atomic mass is 79.9. The highest BCUT2D eigenvalue weighted by Crippen LogP contribution is 2.44. The van der Waals surface area contributed by atoms with Gasteiger partial charge in [-0.25, -0.2) is 0 Å². The molecule has 1 saturated carbocycles. The number of rotatable bonds is 4. The predicted octanol–water partition coefficient (Wildman–Crippen LogP) is 3.25. The van der Waals surface area contributed by atoms with Gasteiger partial charge in [-0.2, -0.15) is 0 Å². The van der Waals surface area contributed by atoms with E-state index >= 15 is 0 Å². The summed E-state index contributed by atoms with van der Waals surface area (Å²) in [5, 5.41) is 14.2. The second-order valence-corrected chi connectivity index (χ2v) is 6.07. The van der Waals surface area contributed by atoms with Crippen molar-refractivity contribution >= 4 is 21.6 Å². The molecule has 0 aromatic heterocycles. The SMILES string of the molecule is CC1(C)CC1NCc1cc(Br)ccc1[N+](=O)[O-]. The molecule has 1 fully saturated rings. The molecule has 92 valence electrons. The number of hydrogen-bond acceptors (Lipinski definition) is 3. The van der Waals surface area contributed by atoms with E-state index in [1.165, 1.54) is 0 Å². The second-order valence-electron chi connectivity index (χ2n) is 5.16. The normalized spacial score (nSPS) is 21.2. The maximum absolute atomic E-state index is 10.9. The first-order chi connectivity index (χ1) is 7.90. The molecule has 0 aliphatic heterocycles. The van der Waals surface area contributed by atoms with Crippen LogP contribution in [0.15, 0.2) is 22.7 Å². The minimum Gasteiger partial charge on any atom is -0.309 e. The Bertz CT molecular complexity index is 460. The molecule has 0 saturated heterocycles. The van der Waals surface area contributed by atoms with Gasteiger partial charge in [0.1, 0.15) is 0 Å². The van der Waals surface area contributed by atoms with E-state index < -0.39 is 0 Å². The molecule has 17 heavy (non-hydrogen) atoms. The molecule has 0 spiro atoms. The Morgan fingerprint density at radius 3 is 2.76 bits per heavy atom. The van der Waals surface area contributed by atoms with E-state index in [2.05, 4.69) is 35.1 Å². The Morgan fingerprint density at radius 2 is 2.24 bits per heavy atom. The standard InChI is InChI=1S/C12H15BrN2O2/c1-12(2)6-11(12)14-7-8-5-9(13)3-4-10(8)15(16)17/h3-5,11,14H,6-7H2,1-2H3. The molecule has 1 aliphatic rings. The summed E-state index contributed by atoms with van der Waals surface area (Å²) in [6, 6.07) is 5.52. The monoisotopic (exact) mass is 298 g/mol. The number of halogens is 1. The summed E-state index contributed by atoms with van der Waals surface area (Å²) in [6.07, 6.45) is 1.13. The molecule has 0 heterocycles. The van der Waals surface area contributed by atoms with Crippen LogP contribution in [0.4, 0.5) is 5.69 Å². The summed E-state index contributed by atoms with van der Waals surface area (Å²) in [5.74, 6) is 0. The van der Waals surface area contributed by atoms with Crippen molar-refractivity contribution < 1.29 is 4.92 Å². The second kappa shape index (κ2) is 4.38. The van der Waals surface area contributed by atoms with Crippen LogP contribution in [0, 0.1) is 15.5 Å². The van der Waals surface area contributed by atoms with Gasteiger partial charge in [0, 0.05) is 28.7 Å². The van der Waals surface area contributed by atoms with Gasteiger partial charge in [-0.15, -0.1) is 0 Å². The lowest BCUT2D eigenvalue weighted by Crippen LogP contribution is -2.20. The van der Waals surface area contributed by atoms with Gasteiger partial charge < -0.3 is 5.32 Å². The lowest BCUT2D eigenvalue weighted by atomic mass is 10.1. The summed E-state index contributed by atoms with van der Waals surface area (Å²) in [4.78, 5) is 10.6. The van der Waals surface area contributed by atoms with E-state index in [9.17, 15) is 10.1 Å². The van der Waals surface area contributed by atoms with Crippen molar-refractivity contribution in [3.05, 3.63) is 38.3 Å². The summed E-state index contributed by atoms with van der Waals surface area (Å²) in [7, 11) is 0. The maximum Gasteiger partial charge on any atom is 0.273 e. The zero-order chi connectivity index (χ0) is 12.6. The number of nitrogens with zero attached hydrogens (tertiary/aromatic N) is 1. The molecular weight excluding hydrogens is 284 g/mol. The van der Waals surface area contributed by atoms with E-state index in [1.54, 1.807) is 18.2 Å². The zero-order valence-electron chi connectivity index (χ0n) is 9.87.